The lowest BCUT2D eigenvalue weighted by atomic mass is 9.68. The number of carbonyl (C=O) groups excluding carboxylic acids is 2. The quantitative estimate of drug-likeness (QED) is 0.477. The summed E-state index contributed by atoms with van der Waals surface area (Å²) in [5.41, 5.74) is 0.0687. The van der Waals surface area contributed by atoms with Crippen LogP contribution in [0.25, 0.3) is 0 Å². The number of aromatic amines is 1. The first kappa shape index (κ1) is 19.1. The van der Waals surface area contributed by atoms with Crippen LogP contribution in [0.2, 0.25) is 0 Å². The zero-order valence-corrected chi connectivity index (χ0v) is 17.1. The second-order valence-electron chi connectivity index (χ2n) is 7.24. The van der Waals surface area contributed by atoms with Crippen LogP contribution in [0, 0.1) is 11.2 Å². The van der Waals surface area contributed by atoms with Crippen LogP contribution in [0.4, 0.5) is 10.1 Å². The van der Waals surface area contributed by atoms with Gasteiger partial charge in [0.05, 0.1) is 10.4 Å². The summed E-state index contributed by atoms with van der Waals surface area (Å²) in [6.45, 7) is 0. The second kappa shape index (κ2) is 7.10. The van der Waals surface area contributed by atoms with Gasteiger partial charge in [0.1, 0.15) is 11.6 Å². The number of para-hydroxylation sites is 1. The van der Waals surface area contributed by atoms with Crippen LogP contribution in [0.5, 0.6) is 5.75 Å². The zero-order valence-electron chi connectivity index (χ0n) is 15.4. The molecule has 30 heavy (non-hydrogen) atoms. The second-order valence-corrected chi connectivity index (χ2v) is 9.25. The first-order valence-electron chi connectivity index (χ1n) is 9.19. The van der Waals surface area contributed by atoms with Gasteiger partial charge in [0.2, 0.25) is 5.91 Å². The average molecular weight is 442 g/mol. The highest BCUT2D eigenvalue weighted by atomic mass is 32.2. The lowest BCUT2D eigenvalue weighted by molar-refractivity contribution is -0.149. The highest BCUT2D eigenvalue weighted by molar-refractivity contribution is 7.99. The molecule has 0 saturated heterocycles. The van der Waals surface area contributed by atoms with Crippen molar-refractivity contribution >= 4 is 40.7 Å². The first-order chi connectivity index (χ1) is 14.5. The Morgan fingerprint density at radius 3 is 2.77 bits per heavy atom. The molecule has 0 aliphatic carbocycles. The number of thioether (sulfide) groups is 1. The number of benzene rings is 2. The third kappa shape index (κ3) is 3.05. The number of rotatable bonds is 3. The summed E-state index contributed by atoms with van der Waals surface area (Å²) >= 11 is 2.41. The first-order valence-corrected chi connectivity index (χ1v) is 11.0. The minimum Gasteiger partial charge on any atom is -0.426 e. The Balaban J connectivity index is 1.56. The van der Waals surface area contributed by atoms with E-state index in [0.717, 1.165) is 26.8 Å². The number of amides is 1. The van der Waals surface area contributed by atoms with Gasteiger partial charge in [0, 0.05) is 34.2 Å². The molecule has 1 aromatic heterocycles. The fourth-order valence-electron chi connectivity index (χ4n) is 4.04. The van der Waals surface area contributed by atoms with Crippen molar-refractivity contribution in [2.75, 3.05) is 11.1 Å². The SMILES string of the molecule is O=C(CC12CSc3[nH]c(=O)sc3C1c1ccccc1OC2=O)Nc1ccc(F)cc1. The standard InChI is InChI=1S/C21H15FN2O4S2/c22-11-5-7-12(8-6-11)23-15(25)9-21-10-29-18-17(30-20(27)24-18)16(21)13-3-1-2-4-14(13)28-19(21)26/h1-8,16H,9-10H2,(H,23,25)(H,24,27). The van der Waals surface area contributed by atoms with Gasteiger partial charge in [-0.3, -0.25) is 14.4 Å². The number of hydrogen-bond acceptors (Lipinski definition) is 6. The molecular formula is C21H15FN2O4S2. The molecule has 6 nitrogen and oxygen atoms in total. The van der Waals surface area contributed by atoms with Crippen LogP contribution in [0.1, 0.15) is 22.8 Å². The Bertz CT molecular complexity index is 1220. The molecule has 2 aliphatic rings. The molecule has 1 amide bonds. The third-order valence-electron chi connectivity index (χ3n) is 5.37. The highest BCUT2D eigenvalue weighted by Gasteiger charge is 2.57. The summed E-state index contributed by atoms with van der Waals surface area (Å²) in [5.74, 6) is -0.997. The van der Waals surface area contributed by atoms with E-state index in [1.54, 1.807) is 12.1 Å². The minimum atomic E-state index is -1.15. The van der Waals surface area contributed by atoms with Crippen molar-refractivity contribution < 1.29 is 18.7 Å². The number of hydrogen-bond donors (Lipinski definition) is 2. The molecule has 2 aromatic carbocycles. The van der Waals surface area contributed by atoms with Gasteiger partial charge >= 0.3 is 10.8 Å². The van der Waals surface area contributed by atoms with E-state index in [4.69, 9.17) is 4.74 Å². The molecule has 3 heterocycles. The van der Waals surface area contributed by atoms with Gasteiger partial charge in [0.25, 0.3) is 0 Å². The molecule has 2 N–H and O–H groups in total. The Morgan fingerprint density at radius 2 is 1.97 bits per heavy atom. The van der Waals surface area contributed by atoms with Gasteiger partial charge < -0.3 is 15.0 Å². The lowest BCUT2D eigenvalue weighted by Gasteiger charge is -2.44. The number of nitrogens with one attached hydrogen (secondary N) is 2. The van der Waals surface area contributed by atoms with Crippen molar-refractivity contribution in [2.24, 2.45) is 5.41 Å². The lowest BCUT2D eigenvalue weighted by Crippen LogP contribution is -2.49. The van der Waals surface area contributed by atoms with Crippen LogP contribution >= 0.6 is 23.1 Å². The van der Waals surface area contributed by atoms with E-state index in [1.165, 1.54) is 36.0 Å². The molecule has 9 heteroatoms. The van der Waals surface area contributed by atoms with Crippen LogP contribution in [0.15, 0.2) is 58.4 Å². The molecule has 2 atom stereocenters. The number of fused-ring (bicyclic) bond motifs is 5. The topological polar surface area (TPSA) is 88.3 Å². The number of thiazole rings is 1. The van der Waals surface area contributed by atoms with Gasteiger partial charge in [-0.1, -0.05) is 29.5 Å². The van der Waals surface area contributed by atoms with Crippen molar-refractivity contribution in [1.29, 1.82) is 0 Å². The normalized spacial score (nSPS) is 21.8. The van der Waals surface area contributed by atoms with Crippen molar-refractivity contribution in [3.05, 3.63) is 74.5 Å². The molecule has 2 unspecified atom stereocenters. The zero-order chi connectivity index (χ0) is 20.9. The van der Waals surface area contributed by atoms with E-state index in [9.17, 15) is 18.8 Å². The van der Waals surface area contributed by atoms with Crippen LogP contribution in [0.3, 0.4) is 0 Å². The van der Waals surface area contributed by atoms with E-state index in [1.807, 2.05) is 12.1 Å². The number of carbonyl (C=O) groups is 2. The number of aromatic nitrogens is 1. The number of esters is 1. The van der Waals surface area contributed by atoms with Crippen molar-refractivity contribution in [3.63, 3.8) is 0 Å². The smallest absolute Gasteiger partial charge is 0.319 e. The summed E-state index contributed by atoms with van der Waals surface area (Å²) in [6.07, 6.45) is -0.124. The Hall–Kier alpha value is -2.91. The van der Waals surface area contributed by atoms with Crippen molar-refractivity contribution in [1.82, 2.24) is 4.98 Å². The number of anilines is 1. The maximum Gasteiger partial charge on any atom is 0.319 e. The number of H-pyrrole nitrogens is 1. The Kier molecular flexibility index (Phi) is 4.52. The van der Waals surface area contributed by atoms with Crippen molar-refractivity contribution in [3.8, 4) is 5.75 Å². The van der Waals surface area contributed by atoms with Crippen LogP contribution in [-0.2, 0) is 9.59 Å². The largest absolute Gasteiger partial charge is 0.426 e. The molecular weight excluding hydrogens is 427 g/mol. The van der Waals surface area contributed by atoms with Crippen molar-refractivity contribution in [2.45, 2.75) is 17.4 Å². The Labute approximate surface area is 178 Å². The molecule has 2 aliphatic heterocycles. The number of ether oxygens (including phenoxy) is 1. The van der Waals surface area contributed by atoms with Gasteiger partial charge in [0.15, 0.2) is 0 Å². The summed E-state index contributed by atoms with van der Waals surface area (Å²) in [6, 6.07) is 12.6. The predicted octanol–water partition coefficient (Wildman–Crippen LogP) is 3.75. The van der Waals surface area contributed by atoms with E-state index < -0.39 is 23.1 Å². The third-order valence-corrected chi connectivity index (χ3v) is 7.72. The van der Waals surface area contributed by atoms with E-state index in [0.29, 0.717) is 17.2 Å². The fraction of sp³-hybridized carbons (Fsp3) is 0.190. The molecule has 0 spiro atoms. The molecule has 0 fully saturated rings. The monoisotopic (exact) mass is 442 g/mol. The summed E-state index contributed by atoms with van der Waals surface area (Å²) < 4.78 is 18.8. The molecule has 0 radical (unpaired) electrons. The molecule has 3 aromatic rings. The maximum absolute atomic E-state index is 13.2. The Morgan fingerprint density at radius 1 is 1.20 bits per heavy atom. The van der Waals surface area contributed by atoms with Gasteiger partial charge in [-0.25, -0.2) is 4.39 Å². The van der Waals surface area contributed by atoms with E-state index in [-0.39, 0.29) is 17.2 Å². The van der Waals surface area contributed by atoms with E-state index in [2.05, 4.69) is 10.3 Å². The summed E-state index contributed by atoms with van der Waals surface area (Å²) in [4.78, 5) is 41.5. The van der Waals surface area contributed by atoms with Gasteiger partial charge in [-0.15, -0.1) is 11.8 Å². The molecule has 5 rings (SSSR count). The molecule has 152 valence electrons. The van der Waals surface area contributed by atoms with Crippen LogP contribution < -0.4 is 14.9 Å². The van der Waals surface area contributed by atoms with Gasteiger partial charge in [-0.2, -0.15) is 0 Å². The van der Waals surface area contributed by atoms with E-state index >= 15 is 0 Å². The number of halogens is 1. The van der Waals surface area contributed by atoms with Gasteiger partial charge in [-0.05, 0) is 30.3 Å². The molecule has 0 bridgehead atoms. The summed E-state index contributed by atoms with van der Waals surface area (Å²) in [5, 5.41) is 3.46. The van der Waals surface area contributed by atoms with Crippen LogP contribution in [-0.4, -0.2) is 22.6 Å². The fourth-order valence-corrected chi connectivity index (χ4v) is 6.58. The molecule has 0 saturated carbocycles. The predicted molar refractivity (Wildman–Crippen MR) is 112 cm³/mol. The summed E-state index contributed by atoms with van der Waals surface area (Å²) in [7, 11) is 0. The maximum atomic E-state index is 13.2. The highest BCUT2D eigenvalue weighted by Crippen LogP contribution is 2.58. The average Bonchev–Trinajstić information content (AvgIpc) is 3.10. The minimum absolute atomic E-state index is 0.124.